The Kier molecular flexibility index (Phi) is 3.49. The van der Waals surface area contributed by atoms with Gasteiger partial charge in [0.15, 0.2) is 6.29 Å². The van der Waals surface area contributed by atoms with Crippen molar-refractivity contribution in [1.82, 2.24) is 4.98 Å². The summed E-state index contributed by atoms with van der Waals surface area (Å²) < 4.78 is 0. The molecule has 3 nitrogen and oxygen atoms in total. The average molecular weight is 236 g/mol. The van der Waals surface area contributed by atoms with Crippen LogP contribution in [0.15, 0.2) is 18.3 Å². The van der Waals surface area contributed by atoms with Gasteiger partial charge in [0.2, 0.25) is 0 Å². The van der Waals surface area contributed by atoms with E-state index in [1.807, 2.05) is 17.8 Å². The Balaban J connectivity index is 2.25. The Morgan fingerprint density at radius 1 is 1.44 bits per heavy atom. The molecule has 0 spiro atoms. The van der Waals surface area contributed by atoms with Gasteiger partial charge in [-0.25, -0.2) is 4.98 Å². The molecular formula is C12H16N2OS. The van der Waals surface area contributed by atoms with Crippen LogP contribution < -0.4 is 4.90 Å². The van der Waals surface area contributed by atoms with Gasteiger partial charge in [0, 0.05) is 29.8 Å². The Labute approximate surface area is 100 Å². The molecule has 1 aliphatic rings. The fourth-order valence-corrected chi connectivity index (χ4v) is 3.44. The minimum Gasteiger partial charge on any atom is -0.354 e. The number of thioether (sulfide) groups is 1. The smallest absolute Gasteiger partial charge is 0.153 e. The second kappa shape index (κ2) is 4.87. The lowest BCUT2D eigenvalue weighted by Crippen LogP contribution is -2.41. The predicted octanol–water partition coefficient (Wildman–Crippen LogP) is 2.22. The molecular weight excluding hydrogens is 220 g/mol. The van der Waals surface area contributed by atoms with Gasteiger partial charge in [-0.15, -0.1) is 0 Å². The van der Waals surface area contributed by atoms with E-state index in [2.05, 4.69) is 23.7 Å². The number of rotatable bonds is 2. The molecule has 1 saturated heterocycles. The van der Waals surface area contributed by atoms with Crippen molar-refractivity contribution in [1.29, 1.82) is 0 Å². The fourth-order valence-electron chi connectivity index (χ4n) is 2.12. The number of carbonyl (C=O) groups excluding carboxylic acids is 1. The van der Waals surface area contributed by atoms with Crippen LogP contribution in [0.3, 0.4) is 0 Å². The lowest BCUT2D eigenvalue weighted by atomic mass is 10.2. The molecule has 0 aliphatic carbocycles. The third-order valence-electron chi connectivity index (χ3n) is 2.66. The van der Waals surface area contributed by atoms with E-state index < -0.39 is 0 Å². The first-order chi connectivity index (χ1) is 7.70. The van der Waals surface area contributed by atoms with Crippen molar-refractivity contribution in [2.45, 2.75) is 24.3 Å². The van der Waals surface area contributed by atoms with E-state index in [0.29, 0.717) is 16.1 Å². The van der Waals surface area contributed by atoms with Gasteiger partial charge in [-0.2, -0.15) is 11.8 Å². The molecule has 2 heterocycles. The van der Waals surface area contributed by atoms with Crippen LogP contribution in [-0.2, 0) is 0 Å². The summed E-state index contributed by atoms with van der Waals surface area (Å²) in [5.74, 6) is 0.830. The SMILES string of the molecule is CC1CN(c2ncccc2C=O)CC(C)S1. The van der Waals surface area contributed by atoms with Gasteiger partial charge < -0.3 is 4.90 Å². The van der Waals surface area contributed by atoms with Crippen LogP contribution in [0.4, 0.5) is 5.82 Å². The van der Waals surface area contributed by atoms with Crippen molar-refractivity contribution >= 4 is 23.9 Å². The topological polar surface area (TPSA) is 33.2 Å². The summed E-state index contributed by atoms with van der Waals surface area (Å²) in [6, 6.07) is 3.63. The molecule has 0 bridgehead atoms. The third kappa shape index (κ3) is 2.38. The molecule has 86 valence electrons. The molecule has 0 N–H and O–H groups in total. The summed E-state index contributed by atoms with van der Waals surface area (Å²) in [5.41, 5.74) is 0.689. The summed E-state index contributed by atoms with van der Waals surface area (Å²) >= 11 is 2.00. The second-order valence-corrected chi connectivity index (χ2v) is 6.08. The van der Waals surface area contributed by atoms with Crippen LogP contribution in [-0.4, -0.2) is 34.9 Å². The number of aromatic nitrogens is 1. The van der Waals surface area contributed by atoms with Crippen LogP contribution >= 0.6 is 11.8 Å². The van der Waals surface area contributed by atoms with Crippen LogP contribution in [0.5, 0.6) is 0 Å². The molecule has 2 rings (SSSR count). The monoisotopic (exact) mass is 236 g/mol. The normalized spacial score (nSPS) is 25.5. The lowest BCUT2D eigenvalue weighted by molar-refractivity contribution is 0.112. The highest BCUT2D eigenvalue weighted by Gasteiger charge is 2.24. The van der Waals surface area contributed by atoms with Gasteiger partial charge >= 0.3 is 0 Å². The van der Waals surface area contributed by atoms with Gasteiger partial charge in [-0.3, -0.25) is 4.79 Å². The summed E-state index contributed by atoms with van der Waals surface area (Å²) in [7, 11) is 0. The van der Waals surface area contributed by atoms with Gasteiger partial charge in [0.1, 0.15) is 5.82 Å². The highest BCUT2D eigenvalue weighted by atomic mass is 32.2. The number of hydrogen-bond acceptors (Lipinski definition) is 4. The van der Waals surface area contributed by atoms with Crippen molar-refractivity contribution in [3.05, 3.63) is 23.9 Å². The van der Waals surface area contributed by atoms with Gasteiger partial charge in [-0.1, -0.05) is 13.8 Å². The highest BCUT2D eigenvalue weighted by molar-refractivity contribution is 8.00. The largest absolute Gasteiger partial charge is 0.354 e. The zero-order valence-electron chi connectivity index (χ0n) is 9.59. The summed E-state index contributed by atoms with van der Waals surface area (Å²) in [5, 5.41) is 1.18. The number of carbonyl (C=O) groups is 1. The molecule has 2 unspecified atom stereocenters. The Hall–Kier alpha value is -1.03. The molecule has 1 aromatic heterocycles. The summed E-state index contributed by atoms with van der Waals surface area (Å²) in [6.45, 7) is 6.37. The number of anilines is 1. The maximum atomic E-state index is 11.0. The maximum Gasteiger partial charge on any atom is 0.153 e. The van der Waals surface area contributed by atoms with Crippen molar-refractivity contribution in [3.8, 4) is 0 Å². The lowest BCUT2D eigenvalue weighted by Gasteiger charge is -2.35. The molecule has 0 saturated carbocycles. The summed E-state index contributed by atoms with van der Waals surface area (Å²) in [4.78, 5) is 17.5. The van der Waals surface area contributed by atoms with Crippen LogP contribution in [0.1, 0.15) is 24.2 Å². The number of nitrogens with zero attached hydrogens (tertiary/aromatic N) is 2. The van der Waals surface area contributed by atoms with Gasteiger partial charge in [0.05, 0.1) is 5.56 Å². The summed E-state index contributed by atoms with van der Waals surface area (Å²) in [6.07, 6.45) is 2.64. The zero-order chi connectivity index (χ0) is 11.5. The maximum absolute atomic E-state index is 11.0. The first kappa shape index (κ1) is 11.5. The molecule has 2 atom stereocenters. The van der Waals surface area contributed by atoms with Gasteiger partial charge in [0.25, 0.3) is 0 Å². The van der Waals surface area contributed by atoms with Crippen molar-refractivity contribution in [2.24, 2.45) is 0 Å². The average Bonchev–Trinajstić information content (AvgIpc) is 2.27. The van der Waals surface area contributed by atoms with E-state index in [4.69, 9.17) is 0 Å². The van der Waals surface area contributed by atoms with E-state index in [1.165, 1.54) is 0 Å². The van der Waals surface area contributed by atoms with Crippen molar-refractivity contribution < 1.29 is 4.79 Å². The minimum absolute atomic E-state index is 0.588. The number of hydrogen-bond donors (Lipinski definition) is 0. The molecule has 16 heavy (non-hydrogen) atoms. The predicted molar refractivity (Wildman–Crippen MR) is 68.4 cm³/mol. The Morgan fingerprint density at radius 2 is 2.12 bits per heavy atom. The molecule has 1 aromatic rings. The van der Waals surface area contributed by atoms with Gasteiger partial charge in [-0.05, 0) is 12.1 Å². The van der Waals surface area contributed by atoms with Crippen molar-refractivity contribution in [2.75, 3.05) is 18.0 Å². The van der Waals surface area contributed by atoms with Crippen molar-refractivity contribution in [3.63, 3.8) is 0 Å². The van der Waals surface area contributed by atoms with E-state index in [-0.39, 0.29) is 0 Å². The third-order valence-corrected chi connectivity index (χ3v) is 3.89. The number of aldehydes is 1. The van der Waals surface area contributed by atoms with E-state index in [1.54, 1.807) is 12.3 Å². The molecule has 0 aromatic carbocycles. The van der Waals surface area contributed by atoms with E-state index in [9.17, 15) is 4.79 Å². The Morgan fingerprint density at radius 3 is 2.75 bits per heavy atom. The molecule has 0 radical (unpaired) electrons. The highest BCUT2D eigenvalue weighted by Crippen LogP contribution is 2.28. The molecule has 4 heteroatoms. The molecule has 1 aliphatic heterocycles. The van der Waals surface area contributed by atoms with E-state index in [0.717, 1.165) is 25.2 Å². The van der Waals surface area contributed by atoms with Crippen LogP contribution in [0.25, 0.3) is 0 Å². The number of pyridine rings is 1. The van der Waals surface area contributed by atoms with E-state index >= 15 is 0 Å². The fraction of sp³-hybridized carbons (Fsp3) is 0.500. The Bertz CT molecular complexity index is 373. The minimum atomic E-state index is 0.588. The second-order valence-electron chi connectivity index (χ2n) is 4.20. The van der Waals surface area contributed by atoms with Crippen LogP contribution in [0.2, 0.25) is 0 Å². The first-order valence-corrected chi connectivity index (χ1v) is 6.45. The van der Waals surface area contributed by atoms with Crippen LogP contribution in [0, 0.1) is 0 Å². The standard InChI is InChI=1S/C12H16N2OS/c1-9-6-14(7-10(2)16-9)12-11(8-15)4-3-5-13-12/h3-5,8-10H,6-7H2,1-2H3. The first-order valence-electron chi connectivity index (χ1n) is 5.51. The zero-order valence-corrected chi connectivity index (χ0v) is 10.4. The quantitative estimate of drug-likeness (QED) is 0.737. The molecule has 1 fully saturated rings. The molecule has 0 amide bonds.